The predicted octanol–water partition coefficient (Wildman–Crippen LogP) is 5.13. The highest BCUT2D eigenvalue weighted by Crippen LogP contribution is 2.29. The maximum absolute atomic E-state index is 13.1. The van der Waals surface area contributed by atoms with Crippen LogP contribution in [0.25, 0.3) is 11.3 Å². The maximum Gasteiger partial charge on any atom is 0.461 e. The normalized spacial score (nSPS) is 11.4. The highest BCUT2D eigenvalue weighted by Gasteiger charge is 2.43. The molecule has 0 bridgehead atoms. The van der Waals surface area contributed by atoms with E-state index in [0.29, 0.717) is 17.1 Å². The van der Waals surface area contributed by atoms with Crippen molar-refractivity contribution in [2.75, 3.05) is 12.4 Å². The van der Waals surface area contributed by atoms with Crippen molar-refractivity contribution in [2.24, 2.45) is 0 Å². The number of anilines is 2. The second-order valence-corrected chi connectivity index (χ2v) is 5.61. The van der Waals surface area contributed by atoms with E-state index in [1.165, 1.54) is 18.3 Å². The van der Waals surface area contributed by atoms with Crippen molar-refractivity contribution >= 4 is 11.6 Å². The Morgan fingerprint density at radius 2 is 1.75 bits per heavy atom. The monoisotopic (exact) mass is 393 g/mol. The van der Waals surface area contributed by atoms with Crippen molar-refractivity contribution in [3.8, 4) is 22.8 Å². The summed E-state index contributed by atoms with van der Waals surface area (Å²) in [5.74, 6) is 0.438. The van der Waals surface area contributed by atoms with Gasteiger partial charge in [-0.05, 0) is 30.3 Å². The highest BCUT2D eigenvalue weighted by molar-refractivity contribution is 5.63. The van der Waals surface area contributed by atoms with Gasteiger partial charge in [0, 0.05) is 23.5 Å². The van der Waals surface area contributed by atoms with E-state index < -0.39 is 18.3 Å². The molecule has 3 aromatic rings. The zero-order valence-corrected chi connectivity index (χ0v) is 14.6. The second-order valence-electron chi connectivity index (χ2n) is 5.61. The minimum atomic E-state index is -4.58. The Morgan fingerprint density at radius 1 is 1.00 bits per heavy atom. The van der Waals surface area contributed by atoms with Crippen molar-refractivity contribution in [2.45, 2.75) is 12.5 Å². The number of nitrogens with zero attached hydrogens (tertiary/aromatic N) is 2. The molecule has 2 aromatic carbocycles. The molecule has 0 fully saturated rings. The van der Waals surface area contributed by atoms with Crippen LogP contribution in [0.3, 0.4) is 0 Å². The lowest BCUT2D eigenvalue weighted by molar-refractivity contribution is -0.253. The largest absolute Gasteiger partial charge is 0.497 e. The molecule has 0 aliphatic carbocycles. The maximum atomic E-state index is 13.1. The molecule has 5 nitrogen and oxygen atoms in total. The molecule has 0 saturated heterocycles. The van der Waals surface area contributed by atoms with Gasteiger partial charge in [-0.25, -0.2) is 9.97 Å². The fourth-order valence-corrected chi connectivity index (χ4v) is 2.33. The second kappa shape index (κ2) is 8.12. The summed E-state index contributed by atoms with van der Waals surface area (Å²) in [5.41, 5.74) is 1.69. The third-order valence-corrected chi connectivity index (χ3v) is 3.62. The van der Waals surface area contributed by atoms with Crippen LogP contribution in [-0.2, 0) is 0 Å². The summed E-state index contributed by atoms with van der Waals surface area (Å²) < 4.78 is 60.0. The van der Waals surface area contributed by atoms with Gasteiger partial charge in [0.05, 0.1) is 12.8 Å². The number of halogens is 4. The van der Waals surface area contributed by atoms with Crippen molar-refractivity contribution in [1.29, 1.82) is 0 Å². The fraction of sp³-hybridized carbons (Fsp3) is 0.158. The molecular weight excluding hydrogens is 378 g/mol. The highest BCUT2D eigenvalue weighted by atomic mass is 19.3. The minimum absolute atomic E-state index is 0.193. The predicted molar refractivity (Wildman–Crippen MR) is 95.3 cm³/mol. The minimum Gasteiger partial charge on any atom is -0.497 e. The zero-order chi connectivity index (χ0) is 20.1. The Labute approximate surface area is 158 Å². The van der Waals surface area contributed by atoms with E-state index in [-0.39, 0.29) is 5.95 Å². The molecule has 1 aromatic heterocycles. The third kappa shape index (κ3) is 4.67. The van der Waals surface area contributed by atoms with Crippen LogP contribution >= 0.6 is 0 Å². The van der Waals surface area contributed by atoms with Crippen LogP contribution in [0.1, 0.15) is 0 Å². The van der Waals surface area contributed by atoms with E-state index >= 15 is 0 Å². The van der Waals surface area contributed by atoms with E-state index in [2.05, 4.69) is 20.0 Å². The first-order chi connectivity index (χ1) is 13.4. The molecule has 1 heterocycles. The molecule has 1 N–H and O–H groups in total. The third-order valence-electron chi connectivity index (χ3n) is 3.62. The Hall–Kier alpha value is -3.36. The van der Waals surface area contributed by atoms with E-state index in [1.54, 1.807) is 25.3 Å². The molecule has 0 radical (unpaired) electrons. The van der Waals surface area contributed by atoms with Gasteiger partial charge in [-0.1, -0.05) is 18.2 Å². The number of rotatable bonds is 7. The summed E-state index contributed by atoms with van der Waals surface area (Å²) in [6.45, 7) is 0. The van der Waals surface area contributed by atoms with Crippen molar-refractivity contribution in [1.82, 2.24) is 9.97 Å². The first-order valence-corrected chi connectivity index (χ1v) is 8.07. The molecule has 0 aliphatic rings. The van der Waals surface area contributed by atoms with Gasteiger partial charge in [0.25, 0.3) is 0 Å². The fourth-order valence-electron chi connectivity index (χ4n) is 2.33. The standard InChI is InChI=1S/C19H15F4N3O2/c1-27-14-6-2-4-12(10-14)16-8-9-24-18(26-16)25-13-5-3-7-15(11-13)28-19(22,23)17(20)21/h2-11,17H,1H3,(H,24,25,26). The van der Waals surface area contributed by atoms with Gasteiger partial charge < -0.3 is 14.8 Å². The van der Waals surface area contributed by atoms with Crippen LogP contribution in [0, 0.1) is 0 Å². The van der Waals surface area contributed by atoms with Gasteiger partial charge in [0.1, 0.15) is 11.5 Å². The number of ether oxygens (including phenoxy) is 2. The average Bonchev–Trinajstić information content (AvgIpc) is 2.68. The zero-order valence-electron chi connectivity index (χ0n) is 14.6. The van der Waals surface area contributed by atoms with Gasteiger partial charge in [-0.3, -0.25) is 0 Å². The van der Waals surface area contributed by atoms with Crippen LogP contribution in [-0.4, -0.2) is 29.6 Å². The molecule has 0 unspecified atom stereocenters. The lowest BCUT2D eigenvalue weighted by Gasteiger charge is -2.17. The van der Waals surface area contributed by atoms with E-state index in [1.807, 2.05) is 12.1 Å². The SMILES string of the molecule is COc1cccc(-c2ccnc(Nc3cccc(OC(F)(F)C(F)F)c3)n2)c1. The number of aromatic nitrogens is 2. The summed E-state index contributed by atoms with van der Waals surface area (Å²) in [4.78, 5) is 8.43. The van der Waals surface area contributed by atoms with Gasteiger partial charge in [0.15, 0.2) is 0 Å². The Bertz CT molecular complexity index is 954. The molecule has 0 atom stereocenters. The van der Waals surface area contributed by atoms with Crippen LogP contribution in [0.2, 0.25) is 0 Å². The molecule has 28 heavy (non-hydrogen) atoms. The van der Waals surface area contributed by atoms with E-state index in [9.17, 15) is 17.6 Å². The molecule has 9 heteroatoms. The summed E-state index contributed by atoms with van der Waals surface area (Å²) in [7, 11) is 1.55. The van der Waals surface area contributed by atoms with Gasteiger partial charge in [-0.15, -0.1) is 0 Å². The smallest absolute Gasteiger partial charge is 0.461 e. The molecule has 0 amide bonds. The summed E-state index contributed by atoms with van der Waals surface area (Å²) in [5, 5.41) is 2.83. The summed E-state index contributed by atoms with van der Waals surface area (Å²) in [6.07, 6.45) is -7.00. The number of hydrogen-bond donors (Lipinski definition) is 1. The first-order valence-electron chi connectivity index (χ1n) is 8.07. The topological polar surface area (TPSA) is 56.3 Å². The van der Waals surface area contributed by atoms with Gasteiger partial charge in [-0.2, -0.15) is 17.6 Å². The number of benzene rings is 2. The van der Waals surface area contributed by atoms with Gasteiger partial charge >= 0.3 is 12.5 Å². The Kier molecular flexibility index (Phi) is 5.62. The number of nitrogens with one attached hydrogen (secondary N) is 1. The summed E-state index contributed by atoms with van der Waals surface area (Å²) >= 11 is 0. The van der Waals surface area contributed by atoms with Crippen molar-refractivity contribution in [3.05, 3.63) is 60.8 Å². The summed E-state index contributed by atoms with van der Waals surface area (Å²) in [6, 6.07) is 14.2. The van der Waals surface area contributed by atoms with Crippen LogP contribution < -0.4 is 14.8 Å². The molecule has 146 valence electrons. The lowest BCUT2D eigenvalue weighted by atomic mass is 10.1. The van der Waals surface area contributed by atoms with Crippen LogP contribution in [0.15, 0.2) is 60.8 Å². The molecule has 0 saturated carbocycles. The van der Waals surface area contributed by atoms with Crippen LogP contribution in [0.4, 0.5) is 29.2 Å². The van der Waals surface area contributed by atoms with Gasteiger partial charge in [0.2, 0.25) is 5.95 Å². The molecule has 0 aliphatic heterocycles. The van der Waals surface area contributed by atoms with Crippen molar-refractivity contribution in [3.63, 3.8) is 0 Å². The first kappa shape index (κ1) is 19.4. The van der Waals surface area contributed by atoms with E-state index in [4.69, 9.17) is 4.74 Å². The quantitative estimate of drug-likeness (QED) is 0.564. The number of alkyl halides is 4. The average molecular weight is 393 g/mol. The van der Waals surface area contributed by atoms with E-state index in [0.717, 1.165) is 17.7 Å². The van der Waals surface area contributed by atoms with Crippen LogP contribution in [0.5, 0.6) is 11.5 Å². The Balaban J connectivity index is 1.80. The Morgan fingerprint density at radius 3 is 2.50 bits per heavy atom. The van der Waals surface area contributed by atoms with Crippen molar-refractivity contribution < 1.29 is 27.0 Å². The molecule has 3 rings (SSSR count). The molecule has 0 spiro atoms. The number of methoxy groups -OCH3 is 1. The lowest BCUT2D eigenvalue weighted by Crippen LogP contribution is -2.33. The number of hydrogen-bond acceptors (Lipinski definition) is 5. The molecular formula is C19H15F4N3O2.